The lowest BCUT2D eigenvalue weighted by Gasteiger charge is -2.24. The highest BCUT2D eigenvalue weighted by atomic mass is 32.2. The van der Waals surface area contributed by atoms with Crippen molar-refractivity contribution in [3.05, 3.63) is 84.2 Å². The van der Waals surface area contributed by atoms with E-state index in [0.717, 1.165) is 5.56 Å². The van der Waals surface area contributed by atoms with E-state index in [1.54, 1.807) is 55.7 Å². The summed E-state index contributed by atoms with van der Waals surface area (Å²) in [6.07, 6.45) is 3.34. The van der Waals surface area contributed by atoms with Crippen LogP contribution in [0.2, 0.25) is 0 Å². The van der Waals surface area contributed by atoms with Crippen molar-refractivity contribution in [3.63, 3.8) is 0 Å². The van der Waals surface area contributed by atoms with Gasteiger partial charge in [-0.2, -0.15) is 0 Å². The molecule has 2 N–H and O–H groups in total. The van der Waals surface area contributed by atoms with Gasteiger partial charge in [0, 0.05) is 23.8 Å². The molecule has 1 aromatic heterocycles. The van der Waals surface area contributed by atoms with Gasteiger partial charge >= 0.3 is 0 Å². The summed E-state index contributed by atoms with van der Waals surface area (Å²) in [6, 6.07) is 16.9. The molecule has 0 unspecified atom stereocenters. The van der Waals surface area contributed by atoms with E-state index in [9.17, 15) is 18.0 Å². The molecular weight excluding hydrogens is 438 g/mol. The fourth-order valence-corrected chi connectivity index (χ4v) is 4.08. The minimum absolute atomic E-state index is 0.0328. The predicted octanol–water partition coefficient (Wildman–Crippen LogP) is 3.97. The van der Waals surface area contributed by atoms with Gasteiger partial charge in [-0.25, -0.2) is 8.42 Å². The minimum Gasteiger partial charge on any atom is -0.326 e. The lowest BCUT2D eigenvalue weighted by atomic mass is 9.83. The first-order valence-electron chi connectivity index (χ1n) is 10.6. The number of carbonyl (C=O) groups excluding carboxylic acids is 2. The van der Waals surface area contributed by atoms with E-state index in [2.05, 4.69) is 15.6 Å². The quantitative estimate of drug-likeness (QED) is 0.524. The van der Waals surface area contributed by atoms with Gasteiger partial charge in [0.05, 0.1) is 22.5 Å². The smallest absolute Gasteiger partial charge is 0.234 e. The van der Waals surface area contributed by atoms with Gasteiger partial charge in [-0.05, 0) is 61.4 Å². The highest BCUT2D eigenvalue weighted by molar-refractivity contribution is 7.91. The van der Waals surface area contributed by atoms with Crippen LogP contribution in [0.15, 0.2) is 78.0 Å². The number of benzene rings is 2. The van der Waals surface area contributed by atoms with Gasteiger partial charge in [0.25, 0.3) is 0 Å². The lowest BCUT2D eigenvalue weighted by Crippen LogP contribution is -2.34. The summed E-state index contributed by atoms with van der Waals surface area (Å²) in [7, 11) is -3.26. The van der Waals surface area contributed by atoms with E-state index in [0.29, 0.717) is 16.9 Å². The van der Waals surface area contributed by atoms with Crippen LogP contribution in [-0.4, -0.2) is 31.0 Å². The molecule has 0 aliphatic heterocycles. The maximum absolute atomic E-state index is 12.8. The first kappa shape index (κ1) is 24.1. The zero-order valence-electron chi connectivity index (χ0n) is 18.8. The van der Waals surface area contributed by atoms with Gasteiger partial charge < -0.3 is 10.6 Å². The normalized spacial score (nSPS) is 11.6. The van der Waals surface area contributed by atoms with E-state index in [1.807, 2.05) is 26.0 Å². The summed E-state index contributed by atoms with van der Waals surface area (Å²) < 4.78 is 23.8. The number of rotatable bonds is 8. The third kappa shape index (κ3) is 6.04. The van der Waals surface area contributed by atoms with Crippen LogP contribution in [-0.2, 0) is 31.3 Å². The standard InChI is InChI=1S/C25H27N3O4S/c1-4-33(31,32)22-11-5-18(6-12-22)17-23(29)27-20-9-7-19(8-10-20)25(2,3)24(30)28-21-13-15-26-16-14-21/h5-16H,4,17H2,1-3H3,(H,27,29)(H,26,28,30). The summed E-state index contributed by atoms with van der Waals surface area (Å²) >= 11 is 0. The second-order valence-electron chi connectivity index (χ2n) is 8.16. The number of pyridine rings is 1. The van der Waals surface area contributed by atoms with Crippen molar-refractivity contribution < 1.29 is 18.0 Å². The second-order valence-corrected chi connectivity index (χ2v) is 10.4. The molecule has 0 aliphatic rings. The van der Waals surface area contributed by atoms with Crippen molar-refractivity contribution in [2.45, 2.75) is 37.5 Å². The van der Waals surface area contributed by atoms with Crippen molar-refractivity contribution in [2.24, 2.45) is 0 Å². The molecule has 1 heterocycles. The summed E-state index contributed by atoms with van der Waals surface area (Å²) in [5, 5.41) is 5.71. The van der Waals surface area contributed by atoms with Gasteiger partial charge in [-0.3, -0.25) is 14.6 Å². The molecule has 8 heteroatoms. The Kier molecular flexibility index (Phi) is 7.28. The first-order valence-corrected chi connectivity index (χ1v) is 12.2. The number of anilines is 2. The van der Waals surface area contributed by atoms with E-state index < -0.39 is 15.3 Å². The Morgan fingerprint density at radius 2 is 1.42 bits per heavy atom. The molecule has 172 valence electrons. The predicted molar refractivity (Wildman–Crippen MR) is 129 cm³/mol. The molecule has 0 aliphatic carbocycles. The Morgan fingerprint density at radius 3 is 2.00 bits per heavy atom. The Balaban J connectivity index is 1.61. The summed E-state index contributed by atoms with van der Waals surface area (Å²) in [5.74, 6) is -0.340. The second kappa shape index (κ2) is 9.95. The van der Waals surface area contributed by atoms with Crippen LogP contribution in [0.1, 0.15) is 31.9 Å². The van der Waals surface area contributed by atoms with Crippen molar-refractivity contribution in [2.75, 3.05) is 16.4 Å². The van der Waals surface area contributed by atoms with E-state index >= 15 is 0 Å². The molecule has 0 atom stereocenters. The van der Waals surface area contributed by atoms with Crippen LogP contribution in [0.5, 0.6) is 0 Å². The third-order valence-corrected chi connectivity index (χ3v) is 7.17. The molecule has 33 heavy (non-hydrogen) atoms. The molecule has 7 nitrogen and oxygen atoms in total. The molecule has 3 aromatic rings. The molecule has 0 radical (unpaired) electrons. The molecular formula is C25H27N3O4S. The molecule has 2 amide bonds. The van der Waals surface area contributed by atoms with E-state index in [1.165, 1.54) is 12.1 Å². The topological polar surface area (TPSA) is 105 Å². The fraction of sp³-hybridized carbons (Fsp3) is 0.240. The number of carbonyl (C=O) groups is 2. The number of sulfone groups is 1. The van der Waals surface area contributed by atoms with Gasteiger partial charge in [-0.15, -0.1) is 0 Å². The van der Waals surface area contributed by atoms with Crippen molar-refractivity contribution in [1.29, 1.82) is 0 Å². The first-order chi connectivity index (χ1) is 15.6. The number of hydrogen-bond acceptors (Lipinski definition) is 5. The summed E-state index contributed by atoms with van der Waals surface area (Å²) in [6.45, 7) is 5.26. The lowest BCUT2D eigenvalue weighted by molar-refractivity contribution is -0.120. The van der Waals surface area contributed by atoms with Crippen LogP contribution in [0.4, 0.5) is 11.4 Å². The molecule has 2 aromatic carbocycles. The van der Waals surface area contributed by atoms with Crippen LogP contribution < -0.4 is 10.6 Å². The molecule has 3 rings (SSSR count). The summed E-state index contributed by atoms with van der Waals surface area (Å²) in [5.41, 5.74) is 2.02. The highest BCUT2D eigenvalue weighted by Crippen LogP contribution is 2.26. The highest BCUT2D eigenvalue weighted by Gasteiger charge is 2.29. The van der Waals surface area contributed by atoms with Gasteiger partial charge in [0.15, 0.2) is 9.84 Å². The van der Waals surface area contributed by atoms with Gasteiger partial charge in [0.1, 0.15) is 0 Å². The van der Waals surface area contributed by atoms with E-state index in [-0.39, 0.29) is 28.9 Å². The molecule has 0 bridgehead atoms. The Morgan fingerprint density at radius 1 is 0.848 bits per heavy atom. The largest absolute Gasteiger partial charge is 0.326 e. The van der Waals surface area contributed by atoms with Gasteiger partial charge in [0.2, 0.25) is 11.8 Å². The van der Waals surface area contributed by atoms with Crippen LogP contribution in [0.25, 0.3) is 0 Å². The number of amides is 2. The maximum Gasteiger partial charge on any atom is 0.234 e. The van der Waals surface area contributed by atoms with E-state index in [4.69, 9.17) is 0 Å². The van der Waals surface area contributed by atoms with Gasteiger partial charge in [-0.1, -0.05) is 31.2 Å². The number of nitrogens with one attached hydrogen (secondary N) is 2. The minimum atomic E-state index is -3.26. The fourth-order valence-electron chi connectivity index (χ4n) is 3.20. The number of hydrogen-bond donors (Lipinski definition) is 2. The summed E-state index contributed by atoms with van der Waals surface area (Å²) in [4.78, 5) is 29.4. The monoisotopic (exact) mass is 465 g/mol. The van der Waals surface area contributed by atoms with Crippen LogP contribution in [0.3, 0.4) is 0 Å². The van der Waals surface area contributed by atoms with Crippen molar-refractivity contribution >= 4 is 33.0 Å². The zero-order valence-corrected chi connectivity index (χ0v) is 19.6. The van der Waals surface area contributed by atoms with Crippen LogP contribution >= 0.6 is 0 Å². The average molecular weight is 466 g/mol. The Labute approximate surface area is 194 Å². The number of aromatic nitrogens is 1. The van der Waals surface area contributed by atoms with Crippen molar-refractivity contribution in [1.82, 2.24) is 4.98 Å². The third-order valence-electron chi connectivity index (χ3n) is 5.42. The molecule has 0 fully saturated rings. The molecule has 0 saturated carbocycles. The Bertz CT molecular complexity index is 1220. The molecule has 0 spiro atoms. The maximum atomic E-state index is 12.8. The molecule has 0 saturated heterocycles. The zero-order chi connectivity index (χ0) is 24.1. The number of nitrogens with zero attached hydrogens (tertiary/aromatic N) is 1. The SMILES string of the molecule is CCS(=O)(=O)c1ccc(CC(=O)Nc2ccc(C(C)(C)C(=O)Nc3ccncc3)cc2)cc1. The van der Waals surface area contributed by atoms with Crippen molar-refractivity contribution in [3.8, 4) is 0 Å². The van der Waals surface area contributed by atoms with Crippen LogP contribution in [0, 0.1) is 0 Å². The average Bonchev–Trinajstić information content (AvgIpc) is 2.80. The Hall–Kier alpha value is -3.52.